The number of ether oxygens (including phenoxy) is 1. The molecule has 7 heteroatoms. The van der Waals surface area contributed by atoms with E-state index in [9.17, 15) is 4.79 Å². The lowest BCUT2D eigenvalue weighted by molar-refractivity contribution is 0.0885. The Morgan fingerprint density at radius 2 is 1.92 bits per heavy atom. The van der Waals surface area contributed by atoms with Gasteiger partial charge in [0.2, 0.25) is 0 Å². The van der Waals surface area contributed by atoms with Crippen molar-refractivity contribution in [3.8, 4) is 6.01 Å². The van der Waals surface area contributed by atoms with Crippen LogP contribution in [-0.4, -0.2) is 28.0 Å². The van der Waals surface area contributed by atoms with E-state index in [1.807, 2.05) is 24.3 Å². The summed E-state index contributed by atoms with van der Waals surface area (Å²) >= 11 is 9.14. The van der Waals surface area contributed by atoms with Gasteiger partial charge in [0, 0.05) is 16.1 Å². The van der Waals surface area contributed by atoms with Crippen LogP contribution in [0.3, 0.4) is 0 Å². The number of nitrogens with zero attached hydrogens (tertiary/aromatic N) is 2. The highest BCUT2D eigenvalue weighted by Crippen LogP contribution is 2.23. The number of amides is 1. The molecular formula is C17H17BrClN3O2. The zero-order valence-electron chi connectivity index (χ0n) is 12.9. The van der Waals surface area contributed by atoms with Gasteiger partial charge in [-0.2, -0.15) is 0 Å². The maximum Gasteiger partial charge on any atom is 0.316 e. The molecule has 0 radical (unpaired) electrons. The summed E-state index contributed by atoms with van der Waals surface area (Å²) in [4.78, 5) is 20.4. The number of aromatic nitrogens is 2. The minimum absolute atomic E-state index is 0.0401. The van der Waals surface area contributed by atoms with E-state index in [-0.39, 0.29) is 18.1 Å². The normalized spacial score (nSPS) is 20.4. The monoisotopic (exact) mass is 409 g/mol. The molecule has 126 valence electrons. The van der Waals surface area contributed by atoms with Crippen LogP contribution in [0.15, 0.2) is 41.1 Å². The van der Waals surface area contributed by atoms with E-state index in [0.717, 1.165) is 30.2 Å². The maximum atomic E-state index is 12.3. The second kappa shape index (κ2) is 7.94. The molecule has 0 bridgehead atoms. The summed E-state index contributed by atoms with van der Waals surface area (Å²) in [6.45, 7) is 0. The van der Waals surface area contributed by atoms with E-state index in [1.54, 1.807) is 0 Å². The van der Waals surface area contributed by atoms with E-state index in [1.165, 1.54) is 12.4 Å². The number of nitrogens with one attached hydrogen (secondary N) is 1. The van der Waals surface area contributed by atoms with Crippen LogP contribution < -0.4 is 10.1 Å². The van der Waals surface area contributed by atoms with Crippen molar-refractivity contribution >= 4 is 33.4 Å². The molecule has 0 aliphatic heterocycles. The fraction of sp³-hybridized carbons (Fsp3) is 0.353. The molecule has 1 aliphatic rings. The molecule has 1 saturated carbocycles. The van der Waals surface area contributed by atoms with E-state index >= 15 is 0 Å². The molecule has 0 atom stereocenters. The third-order valence-corrected chi connectivity index (χ3v) is 4.65. The highest BCUT2D eigenvalue weighted by Gasteiger charge is 2.24. The molecule has 0 spiro atoms. The van der Waals surface area contributed by atoms with Crippen molar-refractivity contribution in [2.75, 3.05) is 0 Å². The van der Waals surface area contributed by atoms with E-state index in [4.69, 9.17) is 16.3 Å². The molecule has 1 amide bonds. The zero-order valence-corrected chi connectivity index (χ0v) is 15.3. The van der Waals surface area contributed by atoms with Crippen molar-refractivity contribution in [2.45, 2.75) is 37.8 Å². The van der Waals surface area contributed by atoms with Crippen LogP contribution in [-0.2, 0) is 0 Å². The number of carbonyl (C=O) groups excluding carboxylic acids is 1. The van der Waals surface area contributed by atoms with Crippen LogP contribution in [0.4, 0.5) is 0 Å². The average Bonchev–Trinajstić information content (AvgIpc) is 2.59. The summed E-state index contributed by atoms with van der Waals surface area (Å²) in [6.07, 6.45) is 6.58. The zero-order chi connectivity index (χ0) is 16.9. The first-order valence-corrected chi connectivity index (χ1v) is 8.98. The van der Waals surface area contributed by atoms with Gasteiger partial charge in [-0.15, -0.1) is 0 Å². The molecular weight excluding hydrogens is 394 g/mol. The molecule has 24 heavy (non-hydrogen) atoms. The second-order valence-electron chi connectivity index (χ2n) is 5.76. The number of hydrogen-bond donors (Lipinski definition) is 1. The van der Waals surface area contributed by atoms with Gasteiger partial charge in [-0.25, -0.2) is 9.97 Å². The molecule has 0 unspecified atom stereocenters. The van der Waals surface area contributed by atoms with E-state index < -0.39 is 0 Å². The smallest absolute Gasteiger partial charge is 0.316 e. The largest absolute Gasteiger partial charge is 0.460 e. The standard InChI is InChI=1S/C17H17BrClN3O2/c18-12-3-1-2-11(8-12)16(23)22-14-4-6-15(7-5-14)24-17-20-9-13(19)10-21-17/h1-3,8-10,14-15H,4-7H2,(H,22,23). The fourth-order valence-corrected chi connectivity index (χ4v) is 3.23. The molecule has 2 aromatic rings. The van der Waals surface area contributed by atoms with Crippen molar-refractivity contribution in [3.63, 3.8) is 0 Å². The van der Waals surface area contributed by atoms with Crippen molar-refractivity contribution in [1.29, 1.82) is 0 Å². The summed E-state index contributed by atoms with van der Waals surface area (Å²) in [5.41, 5.74) is 0.664. The third kappa shape index (κ3) is 4.68. The van der Waals surface area contributed by atoms with Crippen molar-refractivity contribution in [3.05, 3.63) is 51.7 Å². The lowest BCUT2D eigenvalue weighted by Crippen LogP contribution is -2.39. The van der Waals surface area contributed by atoms with Gasteiger partial charge in [0.05, 0.1) is 17.4 Å². The number of benzene rings is 1. The Morgan fingerprint density at radius 3 is 2.58 bits per heavy atom. The Labute approximate surface area is 153 Å². The minimum atomic E-state index is -0.0401. The van der Waals surface area contributed by atoms with Crippen LogP contribution in [0.25, 0.3) is 0 Å². The van der Waals surface area contributed by atoms with E-state index in [2.05, 4.69) is 31.2 Å². The molecule has 1 aromatic carbocycles. The molecule has 1 fully saturated rings. The highest BCUT2D eigenvalue weighted by atomic mass is 79.9. The molecule has 0 saturated heterocycles. The first-order valence-electron chi connectivity index (χ1n) is 7.81. The Morgan fingerprint density at radius 1 is 1.21 bits per heavy atom. The summed E-state index contributed by atoms with van der Waals surface area (Å²) in [5.74, 6) is -0.0401. The van der Waals surface area contributed by atoms with Gasteiger partial charge in [0.25, 0.3) is 5.91 Å². The Bertz CT molecular complexity index is 703. The van der Waals surface area contributed by atoms with Gasteiger partial charge in [-0.3, -0.25) is 4.79 Å². The maximum absolute atomic E-state index is 12.3. The van der Waals surface area contributed by atoms with Gasteiger partial charge >= 0.3 is 6.01 Å². The highest BCUT2D eigenvalue weighted by molar-refractivity contribution is 9.10. The van der Waals surface area contributed by atoms with Crippen molar-refractivity contribution in [2.24, 2.45) is 0 Å². The van der Waals surface area contributed by atoms with Crippen LogP contribution in [0.1, 0.15) is 36.0 Å². The third-order valence-electron chi connectivity index (χ3n) is 3.96. The van der Waals surface area contributed by atoms with Crippen LogP contribution in [0.2, 0.25) is 5.02 Å². The van der Waals surface area contributed by atoms with Crippen molar-refractivity contribution < 1.29 is 9.53 Å². The van der Waals surface area contributed by atoms with Gasteiger partial charge in [0.1, 0.15) is 6.10 Å². The van der Waals surface area contributed by atoms with Gasteiger partial charge < -0.3 is 10.1 Å². The van der Waals surface area contributed by atoms with Crippen molar-refractivity contribution in [1.82, 2.24) is 15.3 Å². The number of rotatable bonds is 4. The van der Waals surface area contributed by atoms with E-state index in [0.29, 0.717) is 16.6 Å². The molecule has 5 nitrogen and oxygen atoms in total. The van der Waals surface area contributed by atoms with Crippen LogP contribution in [0, 0.1) is 0 Å². The first kappa shape index (κ1) is 17.2. The Kier molecular flexibility index (Phi) is 5.68. The lowest BCUT2D eigenvalue weighted by atomic mass is 9.92. The molecule has 1 heterocycles. The average molecular weight is 411 g/mol. The number of carbonyl (C=O) groups is 1. The number of hydrogen-bond acceptors (Lipinski definition) is 4. The first-order chi connectivity index (χ1) is 11.6. The molecule has 1 aromatic heterocycles. The van der Waals surface area contributed by atoms with Gasteiger partial charge in [-0.1, -0.05) is 33.6 Å². The van der Waals surface area contributed by atoms with Gasteiger partial charge in [-0.05, 0) is 43.9 Å². The molecule has 3 rings (SSSR count). The lowest BCUT2D eigenvalue weighted by Gasteiger charge is -2.28. The summed E-state index contributed by atoms with van der Waals surface area (Å²) in [5, 5.41) is 3.58. The van der Waals surface area contributed by atoms with Crippen LogP contribution in [0.5, 0.6) is 6.01 Å². The second-order valence-corrected chi connectivity index (χ2v) is 7.11. The topological polar surface area (TPSA) is 64.1 Å². The predicted molar refractivity (Wildman–Crippen MR) is 95.3 cm³/mol. The SMILES string of the molecule is O=C(NC1CCC(Oc2ncc(Cl)cn2)CC1)c1cccc(Br)c1. The summed E-state index contributed by atoms with van der Waals surface area (Å²) in [6, 6.07) is 7.91. The summed E-state index contributed by atoms with van der Waals surface area (Å²) in [7, 11) is 0. The molecule has 1 aliphatic carbocycles. The van der Waals surface area contributed by atoms with Crippen LogP contribution >= 0.6 is 27.5 Å². The van der Waals surface area contributed by atoms with Gasteiger partial charge in [0.15, 0.2) is 0 Å². The Hall–Kier alpha value is -1.66. The fourth-order valence-electron chi connectivity index (χ4n) is 2.73. The quantitative estimate of drug-likeness (QED) is 0.827. The molecule has 1 N–H and O–H groups in total. The Balaban J connectivity index is 1.48. The minimum Gasteiger partial charge on any atom is -0.460 e. The number of halogens is 2. The predicted octanol–water partition coefficient (Wildman–Crippen LogP) is 4.01. The summed E-state index contributed by atoms with van der Waals surface area (Å²) < 4.78 is 6.66.